The van der Waals surface area contributed by atoms with Gasteiger partial charge in [-0.25, -0.2) is 9.97 Å². The second-order valence-corrected chi connectivity index (χ2v) is 16.1. The molecular formula is C41H43F3N8O6. The number of benzene rings is 1. The lowest BCUT2D eigenvalue weighted by Gasteiger charge is -2.38. The molecule has 3 saturated heterocycles. The Labute approximate surface area is 331 Å². The lowest BCUT2D eigenvalue weighted by Crippen LogP contribution is -2.54. The Bertz CT molecular complexity index is 2320. The molecule has 0 aliphatic carbocycles. The molecule has 3 fully saturated rings. The number of rotatable bonds is 8. The van der Waals surface area contributed by atoms with E-state index in [4.69, 9.17) is 4.98 Å². The fourth-order valence-corrected chi connectivity index (χ4v) is 8.57. The number of fused-ring (bicyclic) bond motifs is 2. The number of likely N-dealkylation sites (tertiary alicyclic amines) is 1. The highest BCUT2D eigenvalue weighted by molar-refractivity contribution is 6.23. The Morgan fingerprint density at radius 3 is 2.31 bits per heavy atom. The summed E-state index contributed by atoms with van der Waals surface area (Å²) in [6.07, 6.45) is 2.69. The van der Waals surface area contributed by atoms with Crippen molar-refractivity contribution in [2.45, 2.75) is 76.1 Å². The third kappa shape index (κ3) is 7.67. The molecule has 304 valence electrons. The van der Waals surface area contributed by atoms with Crippen molar-refractivity contribution < 1.29 is 42.3 Å². The van der Waals surface area contributed by atoms with Crippen molar-refractivity contribution in [1.82, 2.24) is 29.5 Å². The maximum atomic E-state index is 13.3. The van der Waals surface area contributed by atoms with Crippen LogP contribution in [0.3, 0.4) is 0 Å². The second kappa shape index (κ2) is 14.9. The highest BCUT2D eigenvalue weighted by Crippen LogP contribution is 2.35. The summed E-state index contributed by atoms with van der Waals surface area (Å²) in [6.45, 7) is 7.45. The van der Waals surface area contributed by atoms with E-state index >= 15 is 0 Å². The van der Waals surface area contributed by atoms with E-state index in [0.717, 1.165) is 86.8 Å². The molecule has 1 aromatic carbocycles. The molecule has 14 nitrogen and oxygen atoms in total. The van der Waals surface area contributed by atoms with Crippen molar-refractivity contribution in [2.24, 2.45) is 5.92 Å². The van der Waals surface area contributed by atoms with Crippen LogP contribution in [0.5, 0.6) is 0 Å². The smallest absolute Gasteiger partial charge is 0.386 e. The van der Waals surface area contributed by atoms with Crippen LogP contribution in [0, 0.1) is 5.92 Å². The number of alkyl halides is 3. The zero-order chi connectivity index (χ0) is 41.1. The molecule has 17 heteroatoms. The normalized spacial score (nSPS) is 20.2. The highest BCUT2D eigenvalue weighted by Gasteiger charge is 2.45. The van der Waals surface area contributed by atoms with Gasteiger partial charge in [-0.1, -0.05) is 6.07 Å². The van der Waals surface area contributed by atoms with E-state index in [1.807, 2.05) is 12.3 Å². The van der Waals surface area contributed by atoms with Crippen LogP contribution in [0.2, 0.25) is 0 Å². The molecule has 0 bridgehead atoms. The standard InChI is InChI=1S/C41H43F3N8O6/c1-40(2,58)28-19-34-46-30(21-51(34)22-31(28)47-36(54)29-4-3-5-33(45-29)41(42,43)44)24-12-14-49(15-13-24)20-23-10-16-50(17-11-23)25-6-7-26-27(18-25)39(57)52(38(26)56)32-8-9-35(53)48-37(32)55/h3-7,18-19,21-24,32,58H,8-17,20H2,1-2H3,(H,47,54)(H,48,53,55). The maximum Gasteiger partial charge on any atom is 0.433 e. The van der Waals surface area contributed by atoms with Crippen molar-refractivity contribution in [1.29, 1.82) is 0 Å². The van der Waals surface area contributed by atoms with Gasteiger partial charge in [-0.3, -0.25) is 34.2 Å². The largest absolute Gasteiger partial charge is 0.433 e. The number of imide groups is 2. The zero-order valence-electron chi connectivity index (χ0n) is 32.0. The molecule has 0 radical (unpaired) electrons. The first kappa shape index (κ1) is 39.2. The number of hydrogen-bond acceptors (Lipinski definition) is 10. The van der Waals surface area contributed by atoms with E-state index in [1.54, 1.807) is 42.6 Å². The predicted octanol–water partition coefficient (Wildman–Crippen LogP) is 4.73. The van der Waals surface area contributed by atoms with Crippen LogP contribution >= 0.6 is 0 Å². The van der Waals surface area contributed by atoms with Gasteiger partial charge in [-0.05, 0) is 101 Å². The van der Waals surface area contributed by atoms with Crippen molar-refractivity contribution in [3.05, 3.63) is 88.6 Å². The average molecular weight is 801 g/mol. The minimum atomic E-state index is -4.71. The molecule has 58 heavy (non-hydrogen) atoms. The summed E-state index contributed by atoms with van der Waals surface area (Å²) in [5.41, 5.74) is 0.451. The first-order valence-corrected chi connectivity index (χ1v) is 19.5. The Hall–Kier alpha value is -5.68. The van der Waals surface area contributed by atoms with Gasteiger partial charge in [-0.15, -0.1) is 0 Å². The van der Waals surface area contributed by atoms with E-state index in [9.17, 15) is 42.3 Å². The number of anilines is 2. The zero-order valence-corrected chi connectivity index (χ0v) is 32.0. The number of hydrogen-bond donors (Lipinski definition) is 3. The summed E-state index contributed by atoms with van der Waals surface area (Å²) < 4.78 is 41.5. The molecule has 8 rings (SSSR count). The SMILES string of the molecule is CC(C)(O)c1cc2nc(C3CCN(CC4CCN(c5ccc6c(c5)C(=O)N(C5CCC(=O)NC5=O)C6=O)CC4)CC3)cn2cc1NC(=O)c1cccc(C(F)(F)F)n1. The molecule has 4 aromatic rings. The fourth-order valence-electron chi connectivity index (χ4n) is 8.57. The molecule has 0 spiro atoms. The Kier molecular flexibility index (Phi) is 10.1. The molecule has 3 N–H and O–H groups in total. The van der Waals surface area contributed by atoms with Crippen LogP contribution in [-0.2, 0) is 21.4 Å². The Morgan fingerprint density at radius 2 is 1.62 bits per heavy atom. The number of aliphatic hydroxyl groups is 1. The first-order valence-electron chi connectivity index (χ1n) is 19.5. The summed E-state index contributed by atoms with van der Waals surface area (Å²) in [5, 5.41) is 15.8. The van der Waals surface area contributed by atoms with Crippen molar-refractivity contribution >= 4 is 46.6 Å². The minimum absolute atomic E-state index is 0.0686. The molecule has 3 aromatic heterocycles. The topological polar surface area (TPSA) is 170 Å². The van der Waals surface area contributed by atoms with Crippen LogP contribution < -0.4 is 15.5 Å². The van der Waals surface area contributed by atoms with Crippen LogP contribution in [0.4, 0.5) is 24.5 Å². The van der Waals surface area contributed by atoms with E-state index in [1.165, 1.54) is 6.07 Å². The van der Waals surface area contributed by atoms with Crippen LogP contribution in [0.15, 0.2) is 54.9 Å². The van der Waals surface area contributed by atoms with Crippen LogP contribution in [0.1, 0.15) is 106 Å². The number of amides is 5. The minimum Gasteiger partial charge on any atom is -0.386 e. The van der Waals surface area contributed by atoms with E-state index in [0.29, 0.717) is 17.1 Å². The third-order valence-electron chi connectivity index (χ3n) is 11.7. The molecule has 4 aliphatic heterocycles. The number of carbonyl (C=O) groups excluding carboxylic acids is 5. The number of imidazole rings is 1. The fraction of sp³-hybridized carbons (Fsp3) is 0.439. The van der Waals surface area contributed by atoms with E-state index < -0.39 is 58.7 Å². The number of aromatic nitrogens is 3. The molecular weight excluding hydrogens is 757 g/mol. The number of nitrogens with one attached hydrogen (secondary N) is 2. The van der Waals surface area contributed by atoms with E-state index in [-0.39, 0.29) is 35.6 Å². The summed E-state index contributed by atoms with van der Waals surface area (Å²) in [7, 11) is 0. The molecule has 4 aliphatic rings. The summed E-state index contributed by atoms with van der Waals surface area (Å²) in [4.78, 5) is 77.6. The van der Waals surface area contributed by atoms with Crippen LogP contribution in [-0.4, -0.2) is 97.6 Å². The lowest BCUT2D eigenvalue weighted by molar-refractivity contribution is -0.141. The Balaban J connectivity index is 0.863. The quantitative estimate of drug-likeness (QED) is 0.212. The van der Waals surface area contributed by atoms with Gasteiger partial charge in [0.25, 0.3) is 17.7 Å². The van der Waals surface area contributed by atoms with Gasteiger partial charge in [0.15, 0.2) is 0 Å². The number of nitrogens with zero attached hydrogens (tertiary/aromatic N) is 6. The molecule has 7 heterocycles. The van der Waals surface area contributed by atoms with Gasteiger partial charge < -0.3 is 24.6 Å². The van der Waals surface area contributed by atoms with Crippen molar-refractivity contribution in [3.8, 4) is 0 Å². The number of halogens is 3. The van der Waals surface area contributed by atoms with Gasteiger partial charge in [-0.2, -0.15) is 13.2 Å². The highest BCUT2D eigenvalue weighted by atomic mass is 19.4. The Morgan fingerprint density at radius 1 is 0.897 bits per heavy atom. The van der Waals surface area contributed by atoms with Gasteiger partial charge in [0.05, 0.1) is 28.1 Å². The summed E-state index contributed by atoms with van der Waals surface area (Å²) >= 11 is 0. The summed E-state index contributed by atoms with van der Waals surface area (Å²) in [5.74, 6) is -2.23. The molecule has 5 amide bonds. The summed E-state index contributed by atoms with van der Waals surface area (Å²) in [6, 6.07) is 9.04. The number of pyridine rings is 2. The van der Waals surface area contributed by atoms with Gasteiger partial charge in [0, 0.05) is 55.6 Å². The molecule has 0 saturated carbocycles. The van der Waals surface area contributed by atoms with Gasteiger partial charge >= 0.3 is 6.18 Å². The maximum absolute atomic E-state index is 13.3. The first-order chi connectivity index (χ1) is 27.5. The average Bonchev–Trinajstić information content (AvgIpc) is 3.71. The second-order valence-electron chi connectivity index (χ2n) is 16.1. The van der Waals surface area contributed by atoms with E-state index in [2.05, 4.69) is 25.4 Å². The molecule has 1 atom stereocenters. The third-order valence-corrected chi connectivity index (χ3v) is 11.7. The van der Waals surface area contributed by atoms with Crippen molar-refractivity contribution in [3.63, 3.8) is 0 Å². The van der Waals surface area contributed by atoms with Gasteiger partial charge in [0.1, 0.15) is 23.1 Å². The monoisotopic (exact) mass is 800 g/mol. The predicted molar refractivity (Wildman–Crippen MR) is 204 cm³/mol. The van der Waals surface area contributed by atoms with Crippen molar-refractivity contribution in [2.75, 3.05) is 42.9 Å². The number of carbonyl (C=O) groups is 5. The van der Waals surface area contributed by atoms with Gasteiger partial charge in [0.2, 0.25) is 11.8 Å². The number of piperidine rings is 3. The lowest BCUT2D eigenvalue weighted by atomic mass is 9.91. The van der Waals surface area contributed by atoms with Crippen LogP contribution in [0.25, 0.3) is 5.65 Å². The molecule has 1 unspecified atom stereocenters.